The highest BCUT2D eigenvalue weighted by atomic mass is 16.5. The molecule has 1 aliphatic heterocycles. The van der Waals surface area contributed by atoms with Crippen molar-refractivity contribution < 1.29 is 4.74 Å². The highest BCUT2D eigenvalue weighted by molar-refractivity contribution is 5.79. The lowest BCUT2D eigenvalue weighted by atomic mass is 10.2. The monoisotopic (exact) mass is 359 g/mol. The fourth-order valence-electron chi connectivity index (χ4n) is 3.25. The second-order valence-corrected chi connectivity index (χ2v) is 6.63. The molecule has 1 aliphatic rings. The number of guanidine groups is 1. The summed E-state index contributed by atoms with van der Waals surface area (Å²) in [6.45, 7) is 11.2. The van der Waals surface area contributed by atoms with Crippen molar-refractivity contribution in [3.05, 3.63) is 30.2 Å². The normalized spacial score (nSPS) is 20.3. The number of rotatable bonds is 6. The molecule has 0 radical (unpaired) electrons. The number of hydrogen-bond donors (Lipinski definition) is 2. The zero-order chi connectivity index (χ0) is 18.4. The van der Waals surface area contributed by atoms with E-state index in [0.29, 0.717) is 18.6 Å². The predicted octanol–water partition coefficient (Wildman–Crippen LogP) is 0.894. The summed E-state index contributed by atoms with van der Waals surface area (Å²) in [7, 11) is 0. The van der Waals surface area contributed by atoms with Gasteiger partial charge in [-0.1, -0.05) is 6.07 Å². The quantitative estimate of drug-likeness (QED) is 0.589. The topological polar surface area (TPSA) is 79.1 Å². The number of pyridine rings is 1. The number of nitrogens with one attached hydrogen (secondary N) is 2. The first-order valence-electron chi connectivity index (χ1n) is 9.33. The lowest BCUT2D eigenvalue weighted by Crippen LogP contribution is -2.53. The van der Waals surface area contributed by atoms with Crippen LogP contribution in [0, 0.1) is 0 Å². The minimum absolute atomic E-state index is 0.409. The molecule has 0 saturated carbocycles. The van der Waals surface area contributed by atoms with E-state index in [1.54, 1.807) is 0 Å². The first-order valence-corrected chi connectivity index (χ1v) is 9.33. The van der Waals surface area contributed by atoms with Gasteiger partial charge in [0.05, 0.1) is 13.2 Å². The van der Waals surface area contributed by atoms with Crippen LogP contribution in [-0.4, -0.2) is 70.4 Å². The maximum atomic E-state index is 5.53. The van der Waals surface area contributed by atoms with Crippen LogP contribution in [0.15, 0.2) is 29.4 Å². The summed E-state index contributed by atoms with van der Waals surface area (Å²) in [5.41, 5.74) is 0.839. The Labute approximate surface area is 154 Å². The molecule has 1 fully saturated rings. The second kappa shape index (κ2) is 8.95. The number of hydrogen-bond acceptors (Lipinski definition) is 5. The van der Waals surface area contributed by atoms with Gasteiger partial charge in [-0.25, -0.2) is 4.99 Å². The van der Waals surface area contributed by atoms with E-state index in [-0.39, 0.29) is 0 Å². The summed E-state index contributed by atoms with van der Waals surface area (Å²) in [4.78, 5) is 7.15. The summed E-state index contributed by atoms with van der Waals surface area (Å²) >= 11 is 0. The van der Waals surface area contributed by atoms with Gasteiger partial charge in [0.1, 0.15) is 6.54 Å². The van der Waals surface area contributed by atoms with Crippen LogP contribution in [0.5, 0.6) is 0 Å². The number of aliphatic imine (C=N–C) groups is 1. The molecule has 2 aromatic rings. The lowest BCUT2D eigenvalue weighted by molar-refractivity contribution is -0.0174. The van der Waals surface area contributed by atoms with Crippen LogP contribution in [0.2, 0.25) is 0 Å². The number of fused-ring (bicyclic) bond motifs is 1. The van der Waals surface area contributed by atoms with Crippen molar-refractivity contribution in [2.24, 2.45) is 4.99 Å². The van der Waals surface area contributed by atoms with E-state index in [0.717, 1.165) is 50.3 Å². The molecule has 0 bridgehead atoms. The molecule has 3 rings (SSSR count). The predicted molar refractivity (Wildman–Crippen MR) is 102 cm³/mol. The molecule has 1 saturated heterocycles. The Morgan fingerprint density at radius 3 is 3.08 bits per heavy atom. The van der Waals surface area contributed by atoms with E-state index in [1.165, 1.54) is 0 Å². The van der Waals surface area contributed by atoms with E-state index >= 15 is 0 Å². The Balaban J connectivity index is 1.60. The van der Waals surface area contributed by atoms with E-state index < -0.39 is 0 Å². The van der Waals surface area contributed by atoms with Gasteiger partial charge in [-0.05, 0) is 32.9 Å². The Morgan fingerprint density at radius 2 is 2.27 bits per heavy atom. The summed E-state index contributed by atoms with van der Waals surface area (Å²) < 4.78 is 7.49. The van der Waals surface area contributed by atoms with Gasteiger partial charge in [-0.15, -0.1) is 10.2 Å². The zero-order valence-corrected chi connectivity index (χ0v) is 15.9. The first-order chi connectivity index (χ1) is 12.7. The average molecular weight is 359 g/mol. The van der Waals surface area contributed by atoms with E-state index in [2.05, 4.69) is 51.5 Å². The highest BCUT2D eigenvalue weighted by Gasteiger charge is 2.23. The first kappa shape index (κ1) is 18.6. The molecule has 0 aromatic carbocycles. The van der Waals surface area contributed by atoms with Crippen molar-refractivity contribution in [1.82, 2.24) is 30.1 Å². The third kappa shape index (κ3) is 4.50. The maximum Gasteiger partial charge on any atom is 0.191 e. The second-order valence-electron chi connectivity index (χ2n) is 6.63. The molecule has 3 heterocycles. The van der Waals surface area contributed by atoms with Gasteiger partial charge in [-0.2, -0.15) is 0 Å². The largest absolute Gasteiger partial charge is 0.379 e. The van der Waals surface area contributed by atoms with Crippen LogP contribution < -0.4 is 10.6 Å². The fourth-order valence-corrected chi connectivity index (χ4v) is 3.25. The minimum Gasteiger partial charge on any atom is -0.379 e. The van der Waals surface area contributed by atoms with Gasteiger partial charge in [0.15, 0.2) is 17.4 Å². The molecule has 2 unspecified atom stereocenters. The zero-order valence-electron chi connectivity index (χ0n) is 15.9. The van der Waals surface area contributed by atoms with Crippen LogP contribution in [0.4, 0.5) is 0 Å². The molecule has 2 N–H and O–H groups in total. The summed E-state index contributed by atoms with van der Waals surface area (Å²) in [6, 6.07) is 6.72. The van der Waals surface area contributed by atoms with Gasteiger partial charge in [0.25, 0.3) is 0 Å². The molecule has 8 heteroatoms. The van der Waals surface area contributed by atoms with Crippen molar-refractivity contribution in [1.29, 1.82) is 0 Å². The Hall–Kier alpha value is -2.19. The Morgan fingerprint density at radius 1 is 1.38 bits per heavy atom. The Bertz CT molecular complexity index is 729. The molecular weight excluding hydrogens is 330 g/mol. The third-order valence-electron chi connectivity index (χ3n) is 4.66. The van der Waals surface area contributed by atoms with E-state index in [1.807, 2.05) is 28.8 Å². The lowest BCUT2D eigenvalue weighted by Gasteiger charge is -2.38. The molecule has 2 atom stereocenters. The van der Waals surface area contributed by atoms with Crippen LogP contribution in [0.3, 0.4) is 0 Å². The SMILES string of the molecule is CCNC(=NCc1nnc2ccccn12)NCC(C)N1CCOCC1C. The molecule has 2 aromatic heterocycles. The Kier molecular flexibility index (Phi) is 6.40. The van der Waals surface area contributed by atoms with Crippen molar-refractivity contribution in [2.45, 2.75) is 39.4 Å². The van der Waals surface area contributed by atoms with Gasteiger partial charge in [-0.3, -0.25) is 9.30 Å². The van der Waals surface area contributed by atoms with Gasteiger partial charge >= 0.3 is 0 Å². The van der Waals surface area contributed by atoms with Crippen LogP contribution in [0.1, 0.15) is 26.6 Å². The summed E-state index contributed by atoms with van der Waals surface area (Å²) in [5.74, 6) is 1.63. The van der Waals surface area contributed by atoms with E-state index in [4.69, 9.17) is 4.74 Å². The number of aromatic nitrogens is 3. The van der Waals surface area contributed by atoms with Crippen molar-refractivity contribution >= 4 is 11.6 Å². The van der Waals surface area contributed by atoms with Crippen LogP contribution in [-0.2, 0) is 11.3 Å². The van der Waals surface area contributed by atoms with Crippen molar-refractivity contribution in [2.75, 3.05) is 32.8 Å². The average Bonchev–Trinajstić information content (AvgIpc) is 3.07. The summed E-state index contributed by atoms with van der Waals surface area (Å²) in [5, 5.41) is 15.2. The maximum absolute atomic E-state index is 5.53. The van der Waals surface area contributed by atoms with Gasteiger partial charge in [0, 0.05) is 37.9 Å². The third-order valence-corrected chi connectivity index (χ3v) is 4.66. The van der Waals surface area contributed by atoms with E-state index in [9.17, 15) is 0 Å². The molecule has 26 heavy (non-hydrogen) atoms. The van der Waals surface area contributed by atoms with Crippen LogP contribution in [0.25, 0.3) is 5.65 Å². The van der Waals surface area contributed by atoms with Crippen molar-refractivity contribution in [3.63, 3.8) is 0 Å². The molecule has 142 valence electrons. The van der Waals surface area contributed by atoms with Gasteiger partial charge in [0.2, 0.25) is 0 Å². The molecule has 0 amide bonds. The number of morpholine rings is 1. The smallest absolute Gasteiger partial charge is 0.191 e. The van der Waals surface area contributed by atoms with Crippen molar-refractivity contribution in [3.8, 4) is 0 Å². The molecule has 0 aliphatic carbocycles. The van der Waals surface area contributed by atoms with Crippen LogP contribution >= 0.6 is 0 Å². The fraction of sp³-hybridized carbons (Fsp3) is 0.611. The molecule has 8 nitrogen and oxygen atoms in total. The van der Waals surface area contributed by atoms with Gasteiger partial charge < -0.3 is 15.4 Å². The minimum atomic E-state index is 0.409. The number of ether oxygens (including phenoxy) is 1. The highest BCUT2D eigenvalue weighted by Crippen LogP contribution is 2.10. The number of nitrogens with zero attached hydrogens (tertiary/aromatic N) is 5. The molecule has 0 spiro atoms. The standard InChI is InChI=1S/C18H29N7O/c1-4-19-18(20-11-14(2)24-9-10-26-13-15(24)3)21-12-17-23-22-16-7-5-6-8-25(16)17/h5-8,14-15H,4,9-13H2,1-3H3,(H2,19,20,21). The summed E-state index contributed by atoms with van der Waals surface area (Å²) in [6.07, 6.45) is 1.96. The molecular formula is C18H29N7O.